The van der Waals surface area contributed by atoms with Gasteiger partial charge < -0.3 is 10.2 Å². The Hall–Kier alpha value is -1.51. The summed E-state index contributed by atoms with van der Waals surface area (Å²) in [7, 11) is 0. The standard InChI is InChI=1S/C13H18O3/c1-3-10-7-9(5-6-12(14)15)8-11(4-2)13(10)16/h7-8,16H,3-6H2,1-2H3,(H,14,15). The van der Waals surface area contributed by atoms with Crippen LogP contribution < -0.4 is 0 Å². The third-order valence-corrected chi connectivity index (χ3v) is 2.72. The Morgan fingerprint density at radius 3 is 2.06 bits per heavy atom. The second-order valence-electron chi connectivity index (χ2n) is 3.86. The van der Waals surface area contributed by atoms with Crippen molar-refractivity contribution in [3.05, 3.63) is 28.8 Å². The van der Waals surface area contributed by atoms with Gasteiger partial charge in [-0.2, -0.15) is 0 Å². The number of rotatable bonds is 5. The highest BCUT2D eigenvalue weighted by atomic mass is 16.4. The van der Waals surface area contributed by atoms with E-state index in [4.69, 9.17) is 5.11 Å². The molecule has 1 aromatic carbocycles. The summed E-state index contributed by atoms with van der Waals surface area (Å²) in [6, 6.07) is 3.80. The number of phenols is 1. The summed E-state index contributed by atoms with van der Waals surface area (Å²) in [4.78, 5) is 10.5. The van der Waals surface area contributed by atoms with E-state index >= 15 is 0 Å². The first-order valence-corrected chi connectivity index (χ1v) is 5.63. The van der Waals surface area contributed by atoms with Crippen molar-refractivity contribution in [3.8, 4) is 5.75 Å². The molecule has 0 saturated carbocycles. The van der Waals surface area contributed by atoms with Crippen molar-refractivity contribution in [3.63, 3.8) is 0 Å². The Morgan fingerprint density at radius 1 is 1.19 bits per heavy atom. The second-order valence-corrected chi connectivity index (χ2v) is 3.86. The van der Waals surface area contributed by atoms with E-state index in [0.29, 0.717) is 12.2 Å². The minimum Gasteiger partial charge on any atom is -0.507 e. The van der Waals surface area contributed by atoms with E-state index in [1.165, 1.54) is 0 Å². The molecule has 3 heteroatoms. The van der Waals surface area contributed by atoms with Gasteiger partial charge in [-0.05, 0) is 36.0 Å². The maximum atomic E-state index is 10.5. The number of hydrogen-bond acceptors (Lipinski definition) is 2. The minimum atomic E-state index is -0.788. The topological polar surface area (TPSA) is 57.5 Å². The van der Waals surface area contributed by atoms with E-state index in [9.17, 15) is 9.90 Å². The van der Waals surface area contributed by atoms with Crippen molar-refractivity contribution in [2.45, 2.75) is 39.5 Å². The van der Waals surface area contributed by atoms with Crippen molar-refractivity contribution in [2.75, 3.05) is 0 Å². The fourth-order valence-corrected chi connectivity index (χ4v) is 1.77. The highest BCUT2D eigenvalue weighted by Crippen LogP contribution is 2.26. The van der Waals surface area contributed by atoms with Crippen LogP contribution in [0.5, 0.6) is 5.75 Å². The highest BCUT2D eigenvalue weighted by molar-refractivity contribution is 5.67. The van der Waals surface area contributed by atoms with Crippen LogP contribution in [-0.4, -0.2) is 16.2 Å². The van der Waals surface area contributed by atoms with Gasteiger partial charge in [-0.15, -0.1) is 0 Å². The molecule has 0 aliphatic carbocycles. The number of carboxylic acid groups (broad SMARTS) is 1. The van der Waals surface area contributed by atoms with Gasteiger partial charge in [0.05, 0.1) is 0 Å². The van der Waals surface area contributed by atoms with Crippen LogP contribution in [0.3, 0.4) is 0 Å². The van der Waals surface area contributed by atoms with Gasteiger partial charge in [-0.25, -0.2) is 0 Å². The van der Waals surface area contributed by atoms with Crippen molar-refractivity contribution in [2.24, 2.45) is 0 Å². The van der Waals surface area contributed by atoms with Gasteiger partial charge in [0.25, 0.3) is 0 Å². The van der Waals surface area contributed by atoms with Gasteiger partial charge in [-0.3, -0.25) is 4.79 Å². The SMILES string of the molecule is CCc1cc(CCC(=O)O)cc(CC)c1O. The predicted octanol–water partition coefficient (Wildman–Crippen LogP) is 2.53. The van der Waals surface area contributed by atoms with E-state index in [1.807, 2.05) is 26.0 Å². The quantitative estimate of drug-likeness (QED) is 0.804. The van der Waals surface area contributed by atoms with Gasteiger partial charge in [0, 0.05) is 6.42 Å². The lowest BCUT2D eigenvalue weighted by atomic mass is 9.98. The maximum Gasteiger partial charge on any atom is 0.303 e. The van der Waals surface area contributed by atoms with Crippen molar-refractivity contribution in [1.29, 1.82) is 0 Å². The predicted molar refractivity (Wildman–Crippen MR) is 62.8 cm³/mol. The summed E-state index contributed by atoms with van der Waals surface area (Å²) in [5, 5.41) is 18.5. The molecule has 1 rings (SSSR count). The van der Waals surface area contributed by atoms with Crippen LogP contribution in [0, 0.1) is 0 Å². The molecule has 1 aromatic rings. The number of hydrogen-bond donors (Lipinski definition) is 2. The van der Waals surface area contributed by atoms with Crippen molar-refractivity contribution >= 4 is 5.97 Å². The molecule has 0 aromatic heterocycles. The number of aliphatic carboxylic acids is 1. The Bertz CT molecular complexity index is 358. The van der Waals surface area contributed by atoms with Crippen LogP contribution in [0.25, 0.3) is 0 Å². The average Bonchev–Trinajstić information content (AvgIpc) is 2.27. The lowest BCUT2D eigenvalue weighted by Gasteiger charge is -2.10. The van der Waals surface area contributed by atoms with E-state index in [-0.39, 0.29) is 6.42 Å². The molecule has 0 unspecified atom stereocenters. The number of aromatic hydroxyl groups is 1. The number of carboxylic acids is 1. The Balaban J connectivity index is 2.97. The molecule has 0 heterocycles. The molecular weight excluding hydrogens is 204 g/mol. The molecule has 0 aliphatic rings. The van der Waals surface area contributed by atoms with Crippen LogP contribution in [-0.2, 0) is 24.1 Å². The monoisotopic (exact) mass is 222 g/mol. The zero-order valence-electron chi connectivity index (χ0n) is 9.79. The fraction of sp³-hybridized carbons (Fsp3) is 0.462. The summed E-state index contributed by atoms with van der Waals surface area (Å²) in [5.74, 6) is -0.423. The lowest BCUT2D eigenvalue weighted by molar-refractivity contribution is -0.136. The fourth-order valence-electron chi connectivity index (χ4n) is 1.77. The first-order valence-electron chi connectivity index (χ1n) is 5.63. The van der Waals surface area contributed by atoms with Crippen LogP contribution in [0.2, 0.25) is 0 Å². The van der Waals surface area contributed by atoms with Gasteiger partial charge in [0.2, 0.25) is 0 Å². The Kier molecular flexibility index (Phi) is 4.35. The first-order chi connectivity index (χ1) is 7.58. The van der Waals surface area contributed by atoms with E-state index < -0.39 is 5.97 Å². The molecule has 2 N–H and O–H groups in total. The second kappa shape index (κ2) is 5.54. The molecular formula is C13H18O3. The van der Waals surface area contributed by atoms with Crippen molar-refractivity contribution in [1.82, 2.24) is 0 Å². The van der Waals surface area contributed by atoms with Crippen LogP contribution in [0.15, 0.2) is 12.1 Å². The van der Waals surface area contributed by atoms with E-state index in [0.717, 1.165) is 29.5 Å². The molecule has 0 radical (unpaired) electrons. The van der Waals surface area contributed by atoms with Crippen LogP contribution in [0.1, 0.15) is 37.0 Å². The van der Waals surface area contributed by atoms with Gasteiger partial charge in [0.15, 0.2) is 0 Å². The highest BCUT2D eigenvalue weighted by Gasteiger charge is 2.08. The minimum absolute atomic E-state index is 0.136. The van der Waals surface area contributed by atoms with Crippen molar-refractivity contribution < 1.29 is 15.0 Å². The molecule has 0 spiro atoms. The number of phenolic OH excluding ortho intramolecular Hbond substituents is 1. The molecule has 0 saturated heterocycles. The molecule has 16 heavy (non-hydrogen) atoms. The Labute approximate surface area is 95.7 Å². The maximum absolute atomic E-state index is 10.5. The smallest absolute Gasteiger partial charge is 0.303 e. The van der Waals surface area contributed by atoms with Gasteiger partial charge >= 0.3 is 5.97 Å². The van der Waals surface area contributed by atoms with E-state index in [1.54, 1.807) is 0 Å². The molecule has 0 atom stereocenters. The van der Waals surface area contributed by atoms with Crippen LogP contribution in [0.4, 0.5) is 0 Å². The average molecular weight is 222 g/mol. The third-order valence-electron chi connectivity index (χ3n) is 2.72. The molecule has 0 bridgehead atoms. The normalized spacial score (nSPS) is 10.4. The summed E-state index contributed by atoms with van der Waals surface area (Å²) < 4.78 is 0. The molecule has 0 amide bonds. The molecule has 3 nitrogen and oxygen atoms in total. The number of benzene rings is 1. The first kappa shape index (κ1) is 12.6. The molecule has 0 fully saturated rings. The largest absolute Gasteiger partial charge is 0.507 e. The van der Waals surface area contributed by atoms with Gasteiger partial charge in [0.1, 0.15) is 5.75 Å². The summed E-state index contributed by atoms with van der Waals surface area (Å²) in [6.45, 7) is 3.96. The summed E-state index contributed by atoms with van der Waals surface area (Å²) in [5.41, 5.74) is 2.80. The molecule has 88 valence electrons. The summed E-state index contributed by atoms with van der Waals surface area (Å²) in [6.07, 6.45) is 2.19. The zero-order chi connectivity index (χ0) is 12.1. The van der Waals surface area contributed by atoms with Gasteiger partial charge in [-0.1, -0.05) is 26.0 Å². The third kappa shape index (κ3) is 2.99. The summed E-state index contributed by atoms with van der Waals surface area (Å²) >= 11 is 0. The number of carbonyl (C=O) groups is 1. The lowest BCUT2D eigenvalue weighted by Crippen LogP contribution is -1.99. The molecule has 0 aliphatic heterocycles. The zero-order valence-corrected chi connectivity index (χ0v) is 9.79. The number of aryl methyl sites for hydroxylation is 3. The van der Waals surface area contributed by atoms with Crippen LogP contribution >= 0.6 is 0 Å². The Morgan fingerprint density at radius 2 is 1.69 bits per heavy atom. The van der Waals surface area contributed by atoms with E-state index in [2.05, 4.69) is 0 Å².